The van der Waals surface area contributed by atoms with E-state index in [4.69, 9.17) is 0 Å². The van der Waals surface area contributed by atoms with E-state index in [1.165, 1.54) is 31.9 Å². The lowest BCUT2D eigenvalue weighted by Crippen LogP contribution is -2.07. The molecule has 3 heteroatoms. The fourth-order valence-electron chi connectivity index (χ4n) is 1.66. The summed E-state index contributed by atoms with van der Waals surface area (Å²) in [6.07, 6.45) is 6.43. The molecule has 0 bridgehead atoms. The zero-order valence-corrected chi connectivity index (χ0v) is 10.2. The van der Waals surface area contributed by atoms with Crippen molar-refractivity contribution >= 4 is 5.97 Å². The number of aromatic nitrogens is 1. The van der Waals surface area contributed by atoms with E-state index in [-0.39, 0.29) is 5.97 Å². The van der Waals surface area contributed by atoms with E-state index in [0.29, 0.717) is 5.69 Å². The molecule has 0 amide bonds. The van der Waals surface area contributed by atoms with Gasteiger partial charge in [0.15, 0.2) is 5.69 Å². The Labute approximate surface area is 96.8 Å². The zero-order chi connectivity index (χ0) is 12.0. The number of pyridine rings is 1. The second-order valence-corrected chi connectivity index (χ2v) is 3.96. The number of hydrogen-bond acceptors (Lipinski definition) is 3. The molecule has 16 heavy (non-hydrogen) atoms. The first kappa shape index (κ1) is 12.7. The Bertz CT molecular complexity index is 361. The summed E-state index contributed by atoms with van der Waals surface area (Å²) in [4.78, 5) is 15.5. The van der Waals surface area contributed by atoms with E-state index < -0.39 is 0 Å². The third-order valence-corrected chi connectivity index (χ3v) is 2.58. The van der Waals surface area contributed by atoms with Gasteiger partial charge in [-0.25, -0.2) is 9.78 Å². The Hall–Kier alpha value is -1.38. The molecule has 0 radical (unpaired) electrons. The number of nitrogens with zero attached hydrogens (tertiary/aromatic N) is 1. The van der Waals surface area contributed by atoms with Gasteiger partial charge in [0.05, 0.1) is 7.11 Å². The summed E-state index contributed by atoms with van der Waals surface area (Å²) in [5.74, 6) is -0.363. The monoisotopic (exact) mass is 221 g/mol. The van der Waals surface area contributed by atoms with E-state index in [0.717, 1.165) is 12.0 Å². The molecule has 1 rings (SSSR count). The van der Waals surface area contributed by atoms with Gasteiger partial charge in [-0.2, -0.15) is 0 Å². The zero-order valence-electron chi connectivity index (χ0n) is 10.2. The molecule has 0 aliphatic carbocycles. The maximum absolute atomic E-state index is 11.3. The Morgan fingerprint density at radius 1 is 1.44 bits per heavy atom. The molecular weight excluding hydrogens is 202 g/mol. The van der Waals surface area contributed by atoms with Gasteiger partial charge < -0.3 is 4.74 Å². The molecular formula is C13H19NO2. The minimum atomic E-state index is -0.363. The highest BCUT2D eigenvalue weighted by Crippen LogP contribution is 2.11. The molecule has 0 aromatic carbocycles. The van der Waals surface area contributed by atoms with Crippen LogP contribution >= 0.6 is 0 Å². The number of rotatable bonds is 5. The van der Waals surface area contributed by atoms with Gasteiger partial charge in [0.1, 0.15) is 0 Å². The quantitative estimate of drug-likeness (QED) is 0.567. The second kappa shape index (κ2) is 6.26. The van der Waals surface area contributed by atoms with Crippen molar-refractivity contribution in [2.45, 2.75) is 39.5 Å². The number of hydrogen-bond donors (Lipinski definition) is 0. The van der Waals surface area contributed by atoms with Crippen LogP contribution in [0.1, 0.15) is 47.8 Å². The number of carbonyl (C=O) groups is 1. The van der Waals surface area contributed by atoms with Gasteiger partial charge in [-0.15, -0.1) is 0 Å². The molecule has 0 aliphatic heterocycles. The Balaban J connectivity index is 2.71. The molecule has 0 unspecified atom stereocenters. The molecule has 1 aromatic rings. The smallest absolute Gasteiger partial charge is 0.356 e. The van der Waals surface area contributed by atoms with Crippen molar-refractivity contribution in [2.24, 2.45) is 0 Å². The number of carbonyl (C=O) groups excluding carboxylic acids is 1. The van der Waals surface area contributed by atoms with Crippen LogP contribution in [0.15, 0.2) is 12.3 Å². The first-order valence-corrected chi connectivity index (χ1v) is 5.72. The summed E-state index contributed by atoms with van der Waals surface area (Å²) in [7, 11) is 1.37. The third kappa shape index (κ3) is 3.33. The van der Waals surface area contributed by atoms with Crippen LogP contribution in [0.5, 0.6) is 0 Å². The van der Waals surface area contributed by atoms with E-state index >= 15 is 0 Å². The van der Waals surface area contributed by atoms with Crippen LogP contribution < -0.4 is 0 Å². The van der Waals surface area contributed by atoms with E-state index in [2.05, 4.69) is 16.6 Å². The van der Waals surface area contributed by atoms with Crippen molar-refractivity contribution in [3.63, 3.8) is 0 Å². The number of methoxy groups -OCH3 is 1. The van der Waals surface area contributed by atoms with Crippen molar-refractivity contribution in [1.82, 2.24) is 4.98 Å². The minimum absolute atomic E-state index is 0.363. The van der Waals surface area contributed by atoms with Crippen LogP contribution in [0.2, 0.25) is 0 Å². The van der Waals surface area contributed by atoms with E-state index in [1.807, 2.05) is 13.0 Å². The Morgan fingerprint density at radius 2 is 2.19 bits per heavy atom. The van der Waals surface area contributed by atoms with Crippen LogP contribution in [0.25, 0.3) is 0 Å². The first-order chi connectivity index (χ1) is 7.69. The van der Waals surface area contributed by atoms with Gasteiger partial charge in [0.25, 0.3) is 0 Å². The van der Waals surface area contributed by atoms with Crippen LogP contribution in [-0.2, 0) is 11.2 Å². The number of ether oxygens (including phenoxy) is 1. The predicted octanol–water partition coefficient (Wildman–Crippen LogP) is 2.91. The third-order valence-electron chi connectivity index (χ3n) is 2.58. The molecule has 1 heterocycles. The standard InChI is InChI=1S/C13H19NO2/c1-4-5-6-7-11-8-10(2)12(14-9-11)13(15)16-3/h8-9H,4-7H2,1-3H3. The van der Waals surface area contributed by atoms with Gasteiger partial charge in [0.2, 0.25) is 0 Å². The number of aryl methyl sites for hydroxylation is 2. The van der Waals surface area contributed by atoms with E-state index in [1.54, 1.807) is 6.20 Å². The van der Waals surface area contributed by atoms with Crippen molar-refractivity contribution in [3.8, 4) is 0 Å². The van der Waals surface area contributed by atoms with Gasteiger partial charge in [0, 0.05) is 6.20 Å². The van der Waals surface area contributed by atoms with Gasteiger partial charge in [-0.1, -0.05) is 25.8 Å². The Morgan fingerprint density at radius 3 is 2.75 bits per heavy atom. The summed E-state index contributed by atoms with van der Waals surface area (Å²) in [5, 5.41) is 0. The maximum Gasteiger partial charge on any atom is 0.356 e. The molecule has 0 N–H and O–H groups in total. The van der Waals surface area contributed by atoms with Crippen LogP contribution in [0.4, 0.5) is 0 Å². The SMILES string of the molecule is CCCCCc1cnc(C(=O)OC)c(C)c1. The lowest BCUT2D eigenvalue weighted by molar-refractivity contribution is 0.0593. The molecule has 0 aliphatic rings. The summed E-state index contributed by atoms with van der Waals surface area (Å²) in [6.45, 7) is 4.08. The normalized spacial score (nSPS) is 10.2. The van der Waals surface area contributed by atoms with Gasteiger partial charge in [-0.05, 0) is 30.9 Å². The van der Waals surface area contributed by atoms with Crippen molar-refractivity contribution < 1.29 is 9.53 Å². The molecule has 0 saturated carbocycles. The fourth-order valence-corrected chi connectivity index (χ4v) is 1.66. The molecule has 0 spiro atoms. The highest BCUT2D eigenvalue weighted by Gasteiger charge is 2.10. The average molecular weight is 221 g/mol. The second-order valence-electron chi connectivity index (χ2n) is 3.96. The molecule has 3 nitrogen and oxygen atoms in total. The highest BCUT2D eigenvalue weighted by molar-refractivity contribution is 5.88. The number of unbranched alkanes of at least 4 members (excludes halogenated alkanes) is 2. The van der Waals surface area contributed by atoms with Gasteiger partial charge in [-0.3, -0.25) is 0 Å². The summed E-state index contributed by atoms with van der Waals surface area (Å²) in [5.41, 5.74) is 2.50. The molecule has 1 aromatic heterocycles. The molecule has 0 atom stereocenters. The largest absolute Gasteiger partial charge is 0.464 e. The minimum Gasteiger partial charge on any atom is -0.464 e. The lowest BCUT2D eigenvalue weighted by atomic mass is 10.1. The maximum atomic E-state index is 11.3. The fraction of sp³-hybridized carbons (Fsp3) is 0.538. The Kier molecular flexibility index (Phi) is 4.96. The lowest BCUT2D eigenvalue weighted by Gasteiger charge is -2.05. The molecule has 0 saturated heterocycles. The highest BCUT2D eigenvalue weighted by atomic mass is 16.5. The van der Waals surface area contributed by atoms with Crippen LogP contribution in [0.3, 0.4) is 0 Å². The summed E-state index contributed by atoms with van der Waals surface area (Å²) < 4.78 is 4.65. The van der Waals surface area contributed by atoms with E-state index in [9.17, 15) is 4.79 Å². The molecule has 0 fully saturated rings. The topological polar surface area (TPSA) is 39.2 Å². The summed E-state index contributed by atoms with van der Waals surface area (Å²) >= 11 is 0. The first-order valence-electron chi connectivity index (χ1n) is 5.72. The molecule has 88 valence electrons. The average Bonchev–Trinajstić information content (AvgIpc) is 2.29. The van der Waals surface area contributed by atoms with Gasteiger partial charge >= 0.3 is 5.97 Å². The van der Waals surface area contributed by atoms with Crippen molar-refractivity contribution in [2.75, 3.05) is 7.11 Å². The van der Waals surface area contributed by atoms with Crippen molar-refractivity contribution in [1.29, 1.82) is 0 Å². The van der Waals surface area contributed by atoms with Crippen LogP contribution in [-0.4, -0.2) is 18.1 Å². The van der Waals surface area contributed by atoms with Crippen molar-refractivity contribution in [3.05, 3.63) is 29.1 Å². The predicted molar refractivity (Wildman–Crippen MR) is 63.5 cm³/mol. The number of esters is 1. The summed E-state index contributed by atoms with van der Waals surface area (Å²) in [6, 6.07) is 2.02. The van der Waals surface area contributed by atoms with Crippen LogP contribution in [0, 0.1) is 6.92 Å².